The zero-order chi connectivity index (χ0) is 8.81. The van der Waals surface area contributed by atoms with Gasteiger partial charge in [-0.25, -0.2) is 0 Å². The molecule has 2 heteroatoms. The van der Waals surface area contributed by atoms with Gasteiger partial charge in [-0.15, -0.1) is 0 Å². The SMILES string of the molecule is N#CCc1cccc(CC=N)c1. The van der Waals surface area contributed by atoms with E-state index in [2.05, 4.69) is 6.07 Å². The number of nitriles is 1. The Hall–Kier alpha value is -1.62. The minimum absolute atomic E-state index is 0.450. The van der Waals surface area contributed by atoms with Crippen molar-refractivity contribution in [3.8, 4) is 6.07 Å². The van der Waals surface area contributed by atoms with Gasteiger partial charge in [0.2, 0.25) is 0 Å². The number of nitrogens with zero attached hydrogens (tertiary/aromatic N) is 1. The number of rotatable bonds is 3. The summed E-state index contributed by atoms with van der Waals surface area (Å²) in [5, 5.41) is 15.4. The number of hydrogen-bond donors (Lipinski definition) is 1. The first-order valence-electron chi connectivity index (χ1n) is 3.80. The molecule has 0 unspecified atom stereocenters. The van der Waals surface area contributed by atoms with Crippen molar-refractivity contribution in [1.82, 2.24) is 0 Å². The maximum atomic E-state index is 8.45. The van der Waals surface area contributed by atoms with Crippen LogP contribution in [0.4, 0.5) is 0 Å². The molecule has 1 rings (SSSR count). The molecule has 0 bridgehead atoms. The molecule has 0 spiro atoms. The summed E-state index contributed by atoms with van der Waals surface area (Å²) in [6.45, 7) is 0. The lowest BCUT2D eigenvalue weighted by Gasteiger charge is -1.97. The first kappa shape index (κ1) is 8.48. The van der Waals surface area contributed by atoms with Gasteiger partial charge in [0, 0.05) is 6.42 Å². The molecule has 60 valence electrons. The molecule has 0 aliphatic rings. The molecule has 1 aromatic rings. The Labute approximate surface area is 72.0 Å². The lowest BCUT2D eigenvalue weighted by molar-refractivity contribution is 1.22. The minimum atomic E-state index is 0.450. The average molecular weight is 158 g/mol. The van der Waals surface area contributed by atoms with Gasteiger partial charge < -0.3 is 5.41 Å². The van der Waals surface area contributed by atoms with E-state index >= 15 is 0 Å². The number of nitrogens with one attached hydrogen (secondary N) is 1. The predicted octanol–water partition coefficient (Wildman–Crippen LogP) is 1.94. The van der Waals surface area contributed by atoms with Crippen molar-refractivity contribution in [3.05, 3.63) is 35.4 Å². The van der Waals surface area contributed by atoms with Crippen LogP contribution in [0.25, 0.3) is 0 Å². The van der Waals surface area contributed by atoms with Gasteiger partial charge in [-0.2, -0.15) is 5.26 Å². The maximum absolute atomic E-state index is 8.45. The van der Waals surface area contributed by atoms with Gasteiger partial charge in [0.05, 0.1) is 12.5 Å². The third-order valence-electron chi connectivity index (χ3n) is 1.61. The summed E-state index contributed by atoms with van der Waals surface area (Å²) >= 11 is 0. The summed E-state index contributed by atoms with van der Waals surface area (Å²) in [4.78, 5) is 0. The van der Waals surface area contributed by atoms with Crippen molar-refractivity contribution in [1.29, 1.82) is 10.7 Å². The van der Waals surface area contributed by atoms with Crippen LogP contribution >= 0.6 is 0 Å². The second-order valence-corrected chi connectivity index (χ2v) is 2.56. The van der Waals surface area contributed by atoms with E-state index in [1.165, 1.54) is 6.21 Å². The largest absolute Gasteiger partial charge is 0.313 e. The van der Waals surface area contributed by atoms with Crippen LogP contribution in [0.3, 0.4) is 0 Å². The van der Waals surface area contributed by atoms with E-state index in [0.717, 1.165) is 11.1 Å². The van der Waals surface area contributed by atoms with Gasteiger partial charge in [0.25, 0.3) is 0 Å². The first-order valence-corrected chi connectivity index (χ1v) is 3.80. The third-order valence-corrected chi connectivity index (χ3v) is 1.61. The summed E-state index contributed by atoms with van der Waals surface area (Å²) in [7, 11) is 0. The Bertz CT molecular complexity index is 310. The molecule has 1 aromatic carbocycles. The highest BCUT2D eigenvalue weighted by Gasteiger charge is 1.93. The number of benzene rings is 1. The first-order chi connectivity index (χ1) is 5.86. The highest BCUT2D eigenvalue weighted by molar-refractivity contribution is 5.57. The summed E-state index contributed by atoms with van der Waals surface area (Å²) in [6.07, 6.45) is 2.47. The Balaban J connectivity index is 2.81. The standard InChI is InChI=1S/C10H10N2/c11-6-4-9-2-1-3-10(8-9)5-7-12/h1-3,6,8,11H,4-5H2. The van der Waals surface area contributed by atoms with Gasteiger partial charge in [0.1, 0.15) is 0 Å². The van der Waals surface area contributed by atoms with Crippen LogP contribution in [0.5, 0.6) is 0 Å². The molecule has 0 saturated heterocycles. The maximum Gasteiger partial charge on any atom is 0.0669 e. The van der Waals surface area contributed by atoms with E-state index in [1.807, 2.05) is 24.3 Å². The van der Waals surface area contributed by atoms with E-state index in [4.69, 9.17) is 10.7 Å². The highest BCUT2D eigenvalue weighted by Crippen LogP contribution is 2.05. The summed E-state index contributed by atoms with van der Waals surface area (Å²) in [5.41, 5.74) is 2.12. The van der Waals surface area contributed by atoms with Crippen molar-refractivity contribution >= 4 is 6.21 Å². The van der Waals surface area contributed by atoms with Crippen molar-refractivity contribution < 1.29 is 0 Å². The molecule has 1 N–H and O–H groups in total. The summed E-state index contributed by atoms with van der Waals surface area (Å²) < 4.78 is 0. The molecule has 2 nitrogen and oxygen atoms in total. The van der Waals surface area contributed by atoms with Crippen LogP contribution in [-0.4, -0.2) is 6.21 Å². The van der Waals surface area contributed by atoms with Gasteiger partial charge >= 0.3 is 0 Å². The fourth-order valence-corrected chi connectivity index (χ4v) is 1.08. The van der Waals surface area contributed by atoms with Crippen LogP contribution < -0.4 is 0 Å². The molecule has 0 saturated carbocycles. The quantitative estimate of drug-likeness (QED) is 0.671. The lowest BCUT2D eigenvalue weighted by atomic mass is 10.1. The molecular formula is C10H10N2. The summed E-state index contributed by atoms with van der Waals surface area (Å²) in [6, 6.07) is 9.88. The molecule has 0 aliphatic heterocycles. The Morgan fingerprint density at radius 2 is 2.17 bits per heavy atom. The van der Waals surface area contributed by atoms with Crippen molar-refractivity contribution in [2.75, 3.05) is 0 Å². The van der Waals surface area contributed by atoms with Crippen LogP contribution in [0.15, 0.2) is 24.3 Å². The topological polar surface area (TPSA) is 47.6 Å². The zero-order valence-electron chi connectivity index (χ0n) is 6.75. The predicted molar refractivity (Wildman–Crippen MR) is 48.2 cm³/mol. The van der Waals surface area contributed by atoms with Gasteiger partial charge in [-0.05, 0) is 17.3 Å². The third kappa shape index (κ3) is 2.21. The lowest BCUT2D eigenvalue weighted by Crippen LogP contribution is -1.87. The van der Waals surface area contributed by atoms with Crippen molar-refractivity contribution in [2.45, 2.75) is 12.8 Å². The van der Waals surface area contributed by atoms with E-state index in [-0.39, 0.29) is 0 Å². The highest BCUT2D eigenvalue weighted by atomic mass is 14.3. The van der Waals surface area contributed by atoms with Crippen molar-refractivity contribution in [2.24, 2.45) is 0 Å². The fourth-order valence-electron chi connectivity index (χ4n) is 1.08. The Morgan fingerprint density at radius 1 is 1.42 bits per heavy atom. The Kier molecular flexibility index (Phi) is 3.04. The van der Waals surface area contributed by atoms with Crippen LogP contribution in [0.1, 0.15) is 11.1 Å². The number of hydrogen-bond acceptors (Lipinski definition) is 2. The molecule has 0 radical (unpaired) electrons. The minimum Gasteiger partial charge on any atom is -0.313 e. The molecule has 0 amide bonds. The van der Waals surface area contributed by atoms with E-state index in [0.29, 0.717) is 12.8 Å². The zero-order valence-corrected chi connectivity index (χ0v) is 6.75. The second-order valence-electron chi connectivity index (χ2n) is 2.56. The van der Waals surface area contributed by atoms with Gasteiger partial charge in [0.15, 0.2) is 0 Å². The molecule has 12 heavy (non-hydrogen) atoms. The Morgan fingerprint density at radius 3 is 2.83 bits per heavy atom. The van der Waals surface area contributed by atoms with E-state index < -0.39 is 0 Å². The summed E-state index contributed by atoms with van der Waals surface area (Å²) in [5.74, 6) is 0. The molecule has 0 heterocycles. The molecule has 0 fully saturated rings. The van der Waals surface area contributed by atoms with E-state index in [9.17, 15) is 0 Å². The van der Waals surface area contributed by atoms with Crippen LogP contribution in [-0.2, 0) is 12.8 Å². The molecular weight excluding hydrogens is 148 g/mol. The average Bonchev–Trinajstić information content (AvgIpc) is 2.06. The van der Waals surface area contributed by atoms with Crippen LogP contribution in [0, 0.1) is 16.7 Å². The smallest absolute Gasteiger partial charge is 0.0669 e. The van der Waals surface area contributed by atoms with Crippen LogP contribution in [0.2, 0.25) is 0 Å². The monoisotopic (exact) mass is 158 g/mol. The molecule has 0 aliphatic carbocycles. The van der Waals surface area contributed by atoms with Gasteiger partial charge in [-0.3, -0.25) is 0 Å². The van der Waals surface area contributed by atoms with Gasteiger partial charge in [-0.1, -0.05) is 24.3 Å². The molecule has 0 aromatic heterocycles. The second kappa shape index (κ2) is 4.30. The normalized spacial score (nSPS) is 8.92. The molecule has 0 atom stereocenters. The van der Waals surface area contributed by atoms with E-state index in [1.54, 1.807) is 0 Å². The fraction of sp³-hybridized carbons (Fsp3) is 0.200. The van der Waals surface area contributed by atoms with Crippen molar-refractivity contribution in [3.63, 3.8) is 0 Å².